The molecule has 1 aromatic carbocycles. The molecule has 0 unspecified atom stereocenters. The lowest BCUT2D eigenvalue weighted by Gasteiger charge is -2.12. The van der Waals surface area contributed by atoms with Crippen molar-refractivity contribution in [2.45, 2.75) is 39.0 Å². The molecule has 2 rings (SSSR count). The third-order valence-corrected chi connectivity index (χ3v) is 3.79. The summed E-state index contributed by atoms with van der Waals surface area (Å²) in [5.74, 6) is 0.913. The van der Waals surface area contributed by atoms with Crippen LogP contribution in [0.15, 0.2) is 18.2 Å². The zero-order valence-electron chi connectivity index (χ0n) is 11.0. The minimum absolute atomic E-state index is 0.0185. The Labute approximate surface area is 109 Å². The molecule has 1 fully saturated rings. The predicted octanol–water partition coefficient (Wildman–Crippen LogP) is 3.46. The number of rotatable bonds is 5. The molecular formula is C15H22N2O. The molecule has 3 nitrogen and oxygen atoms in total. The van der Waals surface area contributed by atoms with E-state index < -0.39 is 0 Å². The lowest BCUT2D eigenvalue weighted by atomic mass is 10.0. The van der Waals surface area contributed by atoms with E-state index in [1.807, 2.05) is 12.1 Å². The molecule has 1 aliphatic carbocycles. The fraction of sp³-hybridized carbons (Fsp3) is 0.533. The Bertz CT molecular complexity index is 423. The average Bonchev–Trinajstić information content (AvgIpc) is 2.81. The van der Waals surface area contributed by atoms with E-state index in [9.17, 15) is 4.79 Å². The van der Waals surface area contributed by atoms with Crippen molar-refractivity contribution in [2.75, 3.05) is 17.6 Å². The Morgan fingerprint density at radius 3 is 2.72 bits per heavy atom. The number of hydrogen-bond acceptors (Lipinski definition) is 3. The van der Waals surface area contributed by atoms with Gasteiger partial charge in [-0.05, 0) is 37.5 Å². The van der Waals surface area contributed by atoms with Crippen LogP contribution < -0.4 is 11.1 Å². The van der Waals surface area contributed by atoms with Gasteiger partial charge in [0.1, 0.15) is 0 Å². The molecule has 1 aliphatic rings. The second-order valence-electron chi connectivity index (χ2n) is 5.22. The van der Waals surface area contributed by atoms with E-state index in [4.69, 9.17) is 5.73 Å². The van der Waals surface area contributed by atoms with Crippen molar-refractivity contribution in [1.82, 2.24) is 0 Å². The van der Waals surface area contributed by atoms with E-state index in [0.29, 0.717) is 11.3 Å². The molecule has 0 amide bonds. The number of nitrogens with two attached hydrogens (primary N) is 1. The van der Waals surface area contributed by atoms with Crippen molar-refractivity contribution >= 4 is 17.2 Å². The number of nitrogens with one attached hydrogen (secondary N) is 1. The van der Waals surface area contributed by atoms with Crippen molar-refractivity contribution in [3.63, 3.8) is 0 Å². The van der Waals surface area contributed by atoms with Crippen LogP contribution in [-0.2, 0) is 0 Å². The maximum Gasteiger partial charge on any atom is 0.161 e. The van der Waals surface area contributed by atoms with Crippen LogP contribution in [0.3, 0.4) is 0 Å². The molecule has 0 spiro atoms. The smallest absolute Gasteiger partial charge is 0.161 e. The van der Waals surface area contributed by atoms with Gasteiger partial charge in [-0.1, -0.05) is 25.7 Å². The summed E-state index contributed by atoms with van der Waals surface area (Å²) < 4.78 is 0. The molecule has 0 radical (unpaired) electrons. The summed E-state index contributed by atoms with van der Waals surface area (Å²) in [6, 6.07) is 5.59. The monoisotopic (exact) mass is 246 g/mol. The van der Waals surface area contributed by atoms with Gasteiger partial charge < -0.3 is 11.1 Å². The largest absolute Gasteiger partial charge is 0.398 e. The van der Waals surface area contributed by atoms with Crippen LogP contribution in [-0.4, -0.2) is 12.3 Å². The lowest BCUT2D eigenvalue weighted by Crippen LogP contribution is -2.07. The predicted molar refractivity (Wildman–Crippen MR) is 75.9 cm³/mol. The molecule has 0 aliphatic heterocycles. The van der Waals surface area contributed by atoms with Gasteiger partial charge in [0.15, 0.2) is 5.78 Å². The summed E-state index contributed by atoms with van der Waals surface area (Å²) in [5.41, 5.74) is 8.04. The van der Waals surface area contributed by atoms with E-state index in [1.165, 1.54) is 32.1 Å². The molecule has 0 heterocycles. The molecule has 18 heavy (non-hydrogen) atoms. The summed E-state index contributed by atoms with van der Waals surface area (Å²) in [5, 5.41) is 3.39. The van der Waals surface area contributed by atoms with Gasteiger partial charge in [-0.2, -0.15) is 0 Å². The minimum atomic E-state index is 0.0185. The van der Waals surface area contributed by atoms with Gasteiger partial charge in [-0.15, -0.1) is 0 Å². The zero-order chi connectivity index (χ0) is 13.0. The summed E-state index contributed by atoms with van der Waals surface area (Å²) in [6.45, 7) is 2.53. The third kappa shape index (κ3) is 3.25. The third-order valence-electron chi connectivity index (χ3n) is 3.79. The Morgan fingerprint density at radius 1 is 1.39 bits per heavy atom. The topological polar surface area (TPSA) is 55.1 Å². The molecular weight excluding hydrogens is 224 g/mol. The van der Waals surface area contributed by atoms with Gasteiger partial charge in [0.05, 0.1) is 0 Å². The van der Waals surface area contributed by atoms with Crippen LogP contribution in [0.4, 0.5) is 11.4 Å². The molecule has 0 aromatic heterocycles. The van der Waals surface area contributed by atoms with Crippen LogP contribution in [0.25, 0.3) is 0 Å². The Balaban J connectivity index is 1.85. The highest BCUT2D eigenvalue weighted by molar-refractivity contribution is 5.99. The Hall–Kier alpha value is -1.51. The van der Waals surface area contributed by atoms with Crippen molar-refractivity contribution in [2.24, 2.45) is 5.92 Å². The lowest BCUT2D eigenvalue weighted by molar-refractivity contribution is 0.101. The SMILES string of the molecule is CC(=O)c1ccc(NCCC2CCCC2)cc1N. The second-order valence-corrected chi connectivity index (χ2v) is 5.22. The van der Waals surface area contributed by atoms with E-state index in [1.54, 1.807) is 13.0 Å². The van der Waals surface area contributed by atoms with E-state index in [0.717, 1.165) is 18.2 Å². The number of benzene rings is 1. The normalized spacial score (nSPS) is 15.8. The van der Waals surface area contributed by atoms with E-state index >= 15 is 0 Å². The first kappa shape index (κ1) is 12.9. The van der Waals surface area contributed by atoms with Crippen molar-refractivity contribution in [1.29, 1.82) is 0 Å². The molecule has 1 aromatic rings. The fourth-order valence-electron chi connectivity index (χ4n) is 2.71. The summed E-state index contributed by atoms with van der Waals surface area (Å²) in [4.78, 5) is 11.3. The van der Waals surface area contributed by atoms with Gasteiger partial charge in [0, 0.05) is 23.5 Å². The number of nitrogen functional groups attached to an aromatic ring is 1. The molecule has 98 valence electrons. The summed E-state index contributed by atoms with van der Waals surface area (Å²) in [6.07, 6.45) is 6.78. The molecule has 1 saturated carbocycles. The standard InChI is InChI=1S/C15H22N2O/c1-11(18)14-7-6-13(10-15(14)16)17-9-8-12-4-2-3-5-12/h6-7,10,12,17H,2-5,8-9,16H2,1H3. The van der Waals surface area contributed by atoms with E-state index in [2.05, 4.69) is 5.32 Å². The van der Waals surface area contributed by atoms with Gasteiger partial charge in [0.25, 0.3) is 0 Å². The highest BCUT2D eigenvalue weighted by atomic mass is 16.1. The molecule has 0 saturated heterocycles. The van der Waals surface area contributed by atoms with Crippen LogP contribution in [0, 0.1) is 5.92 Å². The zero-order valence-corrected chi connectivity index (χ0v) is 11.0. The number of carbonyl (C=O) groups is 1. The van der Waals surface area contributed by atoms with Crippen LogP contribution in [0.1, 0.15) is 49.4 Å². The van der Waals surface area contributed by atoms with Crippen molar-refractivity contribution in [3.05, 3.63) is 23.8 Å². The van der Waals surface area contributed by atoms with E-state index in [-0.39, 0.29) is 5.78 Å². The average molecular weight is 246 g/mol. The Morgan fingerprint density at radius 2 is 2.11 bits per heavy atom. The molecule has 0 atom stereocenters. The minimum Gasteiger partial charge on any atom is -0.398 e. The summed E-state index contributed by atoms with van der Waals surface area (Å²) in [7, 11) is 0. The number of Topliss-reactive ketones (excluding diaryl/α,β-unsaturated/α-hetero) is 1. The van der Waals surface area contributed by atoms with Gasteiger partial charge in [0.2, 0.25) is 0 Å². The Kier molecular flexibility index (Phi) is 4.24. The molecule has 0 bridgehead atoms. The highest BCUT2D eigenvalue weighted by Crippen LogP contribution is 2.27. The van der Waals surface area contributed by atoms with Crippen LogP contribution in [0.5, 0.6) is 0 Å². The van der Waals surface area contributed by atoms with Crippen LogP contribution in [0.2, 0.25) is 0 Å². The van der Waals surface area contributed by atoms with Gasteiger partial charge in [-0.3, -0.25) is 4.79 Å². The van der Waals surface area contributed by atoms with Crippen molar-refractivity contribution in [3.8, 4) is 0 Å². The highest BCUT2D eigenvalue weighted by Gasteiger charge is 2.14. The maximum atomic E-state index is 11.3. The second kappa shape index (κ2) is 5.89. The number of carbonyl (C=O) groups excluding carboxylic acids is 1. The van der Waals surface area contributed by atoms with Gasteiger partial charge in [-0.25, -0.2) is 0 Å². The van der Waals surface area contributed by atoms with Gasteiger partial charge >= 0.3 is 0 Å². The quantitative estimate of drug-likeness (QED) is 0.618. The van der Waals surface area contributed by atoms with Crippen LogP contribution >= 0.6 is 0 Å². The number of hydrogen-bond donors (Lipinski definition) is 2. The first-order valence-corrected chi connectivity index (χ1v) is 6.81. The number of anilines is 2. The molecule has 3 heteroatoms. The first-order chi connectivity index (χ1) is 8.66. The summed E-state index contributed by atoms with van der Waals surface area (Å²) >= 11 is 0. The fourth-order valence-corrected chi connectivity index (χ4v) is 2.71. The molecule has 3 N–H and O–H groups in total. The first-order valence-electron chi connectivity index (χ1n) is 6.81. The van der Waals surface area contributed by atoms with Crippen molar-refractivity contribution < 1.29 is 4.79 Å². The maximum absolute atomic E-state index is 11.3. The number of ketones is 1.